The van der Waals surface area contributed by atoms with Crippen molar-refractivity contribution in [2.75, 3.05) is 26.2 Å². The summed E-state index contributed by atoms with van der Waals surface area (Å²) in [5, 5.41) is 2.95. The first kappa shape index (κ1) is 22.3. The van der Waals surface area contributed by atoms with Crippen LogP contribution < -0.4 is 5.32 Å². The summed E-state index contributed by atoms with van der Waals surface area (Å²) in [5.41, 5.74) is 3.31. The van der Waals surface area contributed by atoms with Gasteiger partial charge in [-0.15, -0.1) is 6.58 Å². The maximum absolute atomic E-state index is 13.7. The highest BCUT2D eigenvalue weighted by Crippen LogP contribution is 2.38. The number of piperidine rings is 1. The van der Waals surface area contributed by atoms with Gasteiger partial charge in [-0.05, 0) is 36.1 Å². The Morgan fingerprint density at radius 1 is 1.03 bits per heavy atom. The SMILES string of the molecule is C=CCN1C(=O)NC(c2ccc(F)cc2)C2=C1CN(C1CCN(Cc3ccccc3)CC1)C2=O. The van der Waals surface area contributed by atoms with Gasteiger partial charge in [0, 0.05) is 32.2 Å². The van der Waals surface area contributed by atoms with Crippen LogP contribution in [0.2, 0.25) is 0 Å². The summed E-state index contributed by atoms with van der Waals surface area (Å²) in [7, 11) is 0. The number of likely N-dealkylation sites (tertiary alicyclic amines) is 1. The largest absolute Gasteiger partial charge is 0.330 e. The third-order valence-electron chi connectivity index (χ3n) is 7.01. The van der Waals surface area contributed by atoms with E-state index in [1.165, 1.54) is 17.7 Å². The molecule has 0 bridgehead atoms. The number of carbonyl (C=O) groups excluding carboxylic acids is 2. The first-order valence-corrected chi connectivity index (χ1v) is 11.8. The van der Waals surface area contributed by atoms with Crippen molar-refractivity contribution in [1.29, 1.82) is 0 Å². The van der Waals surface area contributed by atoms with Crippen LogP contribution in [0, 0.1) is 5.82 Å². The highest BCUT2D eigenvalue weighted by molar-refractivity contribution is 6.01. The molecule has 1 fully saturated rings. The van der Waals surface area contributed by atoms with Gasteiger partial charge in [0.2, 0.25) is 0 Å². The summed E-state index contributed by atoms with van der Waals surface area (Å²) in [6.07, 6.45) is 3.45. The summed E-state index contributed by atoms with van der Waals surface area (Å²) < 4.78 is 13.5. The lowest BCUT2D eigenvalue weighted by Crippen LogP contribution is -2.47. The fourth-order valence-corrected chi connectivity index (χ4v) is 5.27. The third-order valence-corrected chi connectivity index (χ3v) is 7.01. The fraction of sp³-hybridized carbons (Fsp3) is 0.333. The van der Waals surface area contributed by atoms with Crippen molar-refractivity contribution in [2.45, 2.75) is 31.5 Å². The van der Waals surface area contributed by atoms with E-state index >= 15 is 0 Å². The van der Waals surface area contributed by atoms with Crippen molar-refractivity contribution < 1.29 is 14.0 Å². The van der Waals surface area contributed by atoms with Crippen LogP contribution in [0.1, 0.15) is 30.0 Å². The number of urea groups is 1. The number of amides is 3. The Morgan fingerprint density at radius 3 is 2.41 bits per heavy atom. The van der Waals surface area contributed by atoms with Crippen molar-refractivity contribution in [3.8, 4) is 0 Å². The van der Waals surface area contributed by atoms with Gasteiger partial charge in [-0.1, -0.05) is 48.5 Å². The molecular formula is C27H29FN4O2. The molecule has 1 unspecified atom stereocenters. The molecule has 0 aliphatic carbocycles. The zero-order chi connectivity index (χ0) is 23.7. The van der Waals surface area contributed by atoms with Gasteiger partial charge in [0.15, 0.2) is 0 Å². The van der Waals surface area contributed by atoms with Crippen LogP contribution in [-0.2, 0) is 11.3 Å². The van der Waals surface area contributed by atoms with Gasteiger partial charge in [0.25, 0.3) is 5.91 Å². The van der Waals surface area contributed by atoms with Crippen molar-refractivity contribution >= 4 is 11.9 Å². The monoisotopic (exact) mass is 460 g/mol. The standard InChI is InChI=1S/C27H29FN4O2/c1-2-14-31-23-18-32(22-12-15-30(16-13-22)17-19-6-4-3-5-7-19)26(33)24(23)25(29-27(31)34)20-8-10-21(28)11-9-20/h2-11,22,25H,1,12-18H2,(H,29,34). The van der Waals surface area contributed by atoms with Crippen LogP contribution in [0.15, 0.2) is 78.5 Å². The molecule has 2 aromatic rings. The first-order chi connectivity index (χ1) is 16.5. The average Bonchev–Trinajstić information content (AvgIpc) is 3.19. The molecule has 7 heteroatoms. The molecule has 3 heterocycles. The highest BCUT2D eigenvalue weighted by Gasteiger charge is 2.45. The van der Waals surface area contributed by atoms with Crippen molar-refractivity contribution in [3.63, 3.8) is 0 Å². The van der Waals surface area contributed by atoms with Gasteiger partial charge >= 0.3 is 6.03 Å². The molecule has 34 heavy (non-hydrogen) atoms. The lowest BCUT2D eigenvalue weighted by Gasteiger charge is -2.37. The second-order valence-corrected chi connectivity index (χ2v) is 9.12. The number of halogens is 1. The van der Waals surface area contributed by atoms with Gasteiger partial charge in [-0.3, -0.25) is 14.6 Å². The van der Waals surface area contributed by atoms with Gasteiger partial charge in [-0.25, -0.2) is 9.18 Å². The number of rotatable bonds is 6. The van der Waals surface area contributed by atoms with E-state index in [9.17, 15) is 14.0 Å². The van der Waals surface area contributed by atoms with Gasteiger partial charge in [-0.2, -0.15) is 0 Å². The molecule has 1 saturated heterocycles. The van der Waals surface area contributed by atoms with E-state index in [2.05, 4.69) is 41.1 Å². The molecule has 2 aromatic carbocycles. The molecule has 3 amide bonds. The van der Waals surface area contributed by atoms with Crippen molar-refractivity contribution in [1.82, 2.24) is 20.0 Å². The Hall–Kier alpha value is -3.45. The molecule has 3 aliphatic rings. The lowest BCUT2D eigenvalue weighted by molar-refractivity contribution is -0.128. The first-order valence-electron chi connectivity index (χ1n) is 11.8. The Morgan fingerprint density at radius 2 is 1.74 bits per heavy atom. The smallest absolute Gasteiger partial charge is 0.322 e. The second kappa shape index (κ2) is 9.43. The molecule has 176 valence electrons. The van der Waals surface area contributed by atoms with Crippen LogP contribution in [0.25, 0.3) is 0 Å². The van der Waals surface area contributed by atoms with Crippen LogP contribution in [-0.4, -0.2) is 58.9 Å². The zero-order valence-corrected chi connectivity index (χ0v) is 19.1. The van der Waals surface area contributed by atoms with Crippen LogP contribution in [0.5, 0.6) is 0 Å². The van der Waals surface area contributed by atoms with Crippen molar-refractivity contribution in [2.24, 2.45) is 0 Å². The molecular weight excluding hydrogens is 431 g/mol. The summed E-state index contributed by atoms with van der Waals surface area (Å²) in [5.74, 6) is -0.394. The molecule has 0 spiro atoms. The molecule has 1 atom stereocenters. The summed E-state index contributed by atoms with van der Waals surface area (Å²) in [6, 6.07) is 15.7. The Balaban J connectivity index is 1.34. The second-order valence-electron chi connectivity index (χ2n) is 9.12. The van der Waals surface area contributed by atoms with E-state index in [1.54, 1.807) is 23.1 Å². The molecule has 5 rings (SSSR count). The molecule has 0 saturated carbocycles. The summed E-state index contributed by atoms with van der Waals surface area (Å²) in [4.78, 5) is 32.6. The maximum atomic E-state index is 13.7. The number of benzene rings is 2. The van der Waals surface area contributed by atoms with E-state index in [0.717, 1.165) is 38.2 Å². The molecule has 1 N–H and O–H groups in total. The van der Waals surface area contributed by atoms with E-state index in [0.29, 0.717) is 24.2 Å². The Kier molecular flexibility index (Phi) is 6.20. The molecule has 0 radical (unpaired) electrons. The van der Waals surface area contributed by atoms with Gasteiger partial charge < -0.3 is 10.2 Å². The topological polar surface area (TPSA) is 55.9 Å². The van der Waals surface area contributed by atoms with Crippen LogP contribution in [0.4, 0.5) is 9.18 Å². The normalized spacial score (nSPS) is 21.6. The number of hydrogen-bond donors (Lipinski definition) is 1. The van der Waals surface area contributed by atoms with Crippen molar-refractivity contribution in [3.05, 3.63) is 95.5 Å². The van der Waals surface area contributed by atoms with Crippen LogP contribution >= 0.6 is 0 Å². The quantitative estimate of drug-likeness (QED) is 0.667. The van der Waals surface area contributed by atoms with E-state index in [4.69, 9.17) is 0 Å². The zero-order valence-electron chi connectivity index (χ0n) is 19.1. The lowest BCUT2D eigenvalue weighted by atomic mass is 9.95. The Bertz CT molecular complexity index is 1110. The predicted molar refractivity (Wildman–Crippen MR) is 128 cm³/mol. The molecule has 0 aromatic heterocycles. The van der Waals surface area contributed by atoms with Crippen LogP contribution in [0.3, 0.4) is 0 Å². The molecule has 6 nitrogen and oxygen atoms in total. The number of nitrogens with one attached hydrogen (secondary N) is 1. The van der Waals surface area contributed by atoms with E-state index < -0.39 is 6.04 Å². The van der Waals surface area contributed by atoms with E-state index in [-0.39, 0.29) is 23.8 Å². The maximum Gasteiger partial charge on any atom is 0.322 e. The minimum absolute atomic E-state index is 0.0418. The Labute approximate surface area is 199 Å². The van der Waals surface area contributed by atoms with Gasteiger partial charge in [0.1, 0.15) is 5.82 Å². The fourth-order valence-electron chi connectivity index (χ4n) is 5.27. The number of nitrogens with zero attached hydrogens (tertiary/aromatic N) is 3. The molecule has 3 aliphatic heterocycles. The highest BCUT2D eigenvalue weighted by atomic mass is 19.1. The average molecular weight is 461 g/mol. The predicted octanol–water partition coefficient (Wildman–Crippen LogP) is 3.84. The number of hydrogen-bond acceptors (Lipinski definition) is 3. The minimum atomic E-state index is -0.583. The van der Waals surface area contributed by atoms with E-state index in [1.807, 2.05) is 11.0 Å². The van der Waals surface area contributed by atoms with Gasteiger partial charge in [0.05, 0.1) is 23.9 Å². The minimum Gasteiger partial charge on any atom is -0.330 e. The summed E-state index contributed by atoms with van der Waals surface area (Å²) >= 11 is 0. The third kappa shape index (κ3) is 4.23. The number of carbonyl (C=O) groups is 2. The summed E-state index contributed by atoms with van der Waals surface area (Å²) in [6.45, 7) is 7.27.